The van der Waals surface area contributed by atoms with Gasteiger partial charge in [0.1, 0.15) is 5.75 Å². The van der Waals surface area contributed by atoms with Crippen LogP contribution in [0, 0.1) is 0 Å². The number of rotatable bonds is 51. The second kappa shape index (κ2) is 46.2. The molecule has 0 radical (unpaired) electrons. The summed E-state index contributed by atoms with van der Waals surface area (Å²) in [5.41, 5.74) is 0.676. The van der Waals surface area contributed by atoms with Gasteiger partial charge in [-0.1, -0.05) is 290 Å². The van der Waals surface area contributed by atoms with Crippen molar-refractivity contribution in [3.05, 3.63) is 28.8 Å². The van der Waals surface area contributed by atoms with Gasteiger partial charge in [0.25, 0.3) is 0 Å². The van der Waals surface area contributed by atoms with E-state index in [1.807, 2.05) is 0 Å². The number of hydrogen-bond donors (Lipinski definition) is 1. The molecular weight excluding hydrogens is 785 g/mol. The Morgan fingerprint density at radius 3 is 0.734 bits per heavy atom. The number of ketones is 3. The number of aromatic hydroxyl groups is 1. The van der Waals surface area contributed by atoms with Crippen molar-refractivity contribution in [3.63, 3.8) is 0 Å². The molecule has 1 aromatic carbocycles. The van der Waals surface area contributed by atoms with E-state index in [0.717, 1.165) is 57.8 Å². The van der Waals surface area contributed by atoms with Gasteiger partial charge in [-0.25, -0.2) is 0 Å². The van der Waals surface area contributed by atoms with E-state index in [0.29, 0.717) is 24.8 Å². The number of Topliss-reactive ketones (excluding diaryl/α,β-unsaturated/α-hetero) is 3. The summed E-state index contributed by atoms with van der Waals surface area (Å²) in [4.78, 5) is 41.6. The largest absolute Gasteiger partial charge is 0.507 e. The maximum atomic E-state index is 14.0. The van der Waals surface area contributed by atoms with Crippen LogP contribution in [0.25, 0.3) is 0 Å². The average Bonchev–Trinajstić information content (AvgIpc) is 3.29. The number of phenolic OH excluding ortho intramolecular Hbond substituents is 1. The fourth-order valence-corrected chi connectivity index (χ4v) is 9.75. The van der Waals surface area contributed by atoms with E-state index < -0.39 is 0 Å². The third-order valence-corrected chi connectivity index (χ3v) is 14.1. The van der Waals surface area contributed by atoms with Crippen molar-refractivity contribution in [2.24, 2.45) is 0 Å². The average molecular weight is 894 g/mol. The third kappa shape index (κ3) is 34.4. The van der Waals surface area contributed by atoms with E-state index >= 15 is 0 Å². The Kier molecular flexibility index (Phi) is 43.3. The lowest BCUT2D eigenvalue weighted by Crippen LogP contribution is -2.16. The van der Waals surface area contributed by atoms with Gasteiger partial charge >= 0.3 is 0 Å². The molecule has 0 saturated carbocycles. The van der Waals surface area contributed by atoms with Crippen LogP contribution in [0.2, 0.25) is 0 Å². The number of benzene rings is 1. The fourth-order valence-electron chi connectivity index (χ4n) is 9.75. The van der Waals surface area contributed by atoms with Crippen LogP contribution in [0.15, 0.2) is 12.1 Å². The standard InChI is InChI=1S/C60H108O4/c1-4-7-10-13-16-19-22-25-28-31-34-37-40-43-46-49-55(61)54-52-53-58(64)60(57(63)51-48-45-42-39-36-33-30-27-24-21-18-15-12-9-6-3)59(54)56(62)50-47-44-41-38-35-32-29-26-23-20-17-14-11-8-5-2/h52-53,64H,4-51H2,1-3H3. The van der Waals surface area contributed by atoms with Gasteiger partial charge in [-0.2, -0.15) is 0 Å². The highest BCUT2D eigenvalue weighted by Gasteiger charge is 2.26. The molecule has 0 atom stereocenters. The molecule has 1 rings (SSSR count). The summed E-state index contributed by atoms with van der Waals surface area (Å²) in [6.07, 6.45) is 58.0. The Morgan fingerprint density at radius 1 is 0.281 bits per heavy atom. The molecule has 1 aromatic rings. The van der Waals surface area contributed by atoms with Gasteiger partial charge in [-0.05, 0) is 31.4 Å². The first-order valence-electron chi connectivity index (χ1n) is 28.9. The fraction of sp³-hybridized carbons (Fsp3) is 0.850. The summed E-state index contributed by atoms with van der Waals surface area (Å²) in [7, 11) is 0. The molecule has 0 aliphatic carbocycles. The van der Waals surface area contributed by atoms with Crippen LogP contribution < -0.4 is 0 Å². The quantitative estimate of drug-likeness (QED) is 0.0522. The van der Waals surface area contributed by atoms with Crippen molar-refractivity contribution >= 4 is 17.3 Å². The molecule has 0 aliphatic heterocycles. The smallest absolute Gasteiger partial charge is 0.167 e. The molecule has 0 aromatic heterocycles. The van der Waals surface area contributed by atoms with Gasteiger partial charge in [0, 0.05) is 30.4 Å². The Balaban J connectivity index is 2.58. The lowest BCUT2D eigenvalue weighted by atomic mass is 9.87. The van der Waals surface area contributed by atoms with Crippen molar-refractivity contribution in [1.29, 1.82) is 0 Å². The predicted molar refractivity (Wildman–Crippen MR) is 280 cm³/mol. The minimum atomic E-state index is -0.186. The second-order valence-electron chi connectivity index (χ2n) is 20.3. The van der Waals surface area contributed by atoms with Gasteiger partial charge < -0.3 is 5.11 Å². The van der Waals surface area contributed by atoms with Gasteiger partial charge in [0.2, 0.25) is 0 Å². The van der Waals surface area contributed by atoms with Gasteiger partial charge in [0.15, 0.2) is 17.3 Å². The molecule has 0 unspecified atom stereocenters. The molecule has 64 heavy (non-hydrogen) atoms. The van der Waals surface area contributed by atoms with Crippen molar-refractivity contribution < 1.29 is 19.5 Å². The SMILES string of the molecule is CCCCCCCCCCCCCCCCCC(=O)c1ccc(O)c(C(=O)CCCCCCCCCCCCCCCCC)c1C(=O)CCCCCCCCCCCCCCCCC. The lowest BCUT2D eigenvalue weighted by Gasteiger charge is -2.15. The maximum absolute atomic E-state index is 14.0. The number of phenols is 1. The molecule has 0 spiro atoms. The molecule has 0 bridgehead atoms. The topological polar surface area (TPSA) is 71.4 Å². The first-order valence-corrected chi connectivity index (χ1v) is 28.9. The molecule has 1 N–H and O–H groups in total. The van der Waals surface area contributed by atoms with E-state index in [2.05, 4.69) is 20.8 Å². The van der Waals surface area contributed by atoms with Crippen molar-refractivity contribution in [3.8, 4) is 5.75 Å². The van der Waals surface area contributed by atoms with E-state index in [9.17, 15) is 19.5 Å². The molecule has 0 fully saturated rings. The van der Waals surface area contributed by atoms with E-state index in [4.69, 9.17) is 0 Å². The zero-order valence-corrected chi connectivity index (χ0v) is 43.3. The van der Waals surface area contributed by atoms with E-state index in [1.165, 1.54) is 237 Å². The Morgan fingerprint density at radius 2 is 0.484 bits per heavy atom. The molecule has 0 aliphatic rings. The Hall–Kier alpha value is -1.97. The van der Waals surface area contributed by atoms with Crippen LogP contribution >= 0.6 is 0 Å². The van der Waals surface area contributed by atoms with Crippen LogP contribution in [0.3, 0.4) is 0 Å². The second-order valence-corrected chi connectivity index (χ2v) is 20.3. The summed E-state index contributed by atoms with van der Waals surface area (Å²) in [5.74, 6) is -0.538. The minimum absolute atomic E-state index is 0.0597. The molecule has 0 amide bonds. The highest BCUT2D eigenvalue weighted by Crippen LogP contribution is 2.30. The lowest BCUT2D eigenvalue weighted by molar-refractivity contribution is 0.0930. The summed E-state index contributed by atoms with van der Waals surface area (Å²) in [5, 5.41) is 11.1. The maximum Gasteiger partial charge on any atom is 0.167 e. The molecule has 0 saturated heterocycles. The van der Waals surface area contributed by atoms with Gasteiger partial charge in [-0.15, -0.1) is 0 Å². The molecule has 372 valence electrons. The van der Waals surface area contributed by atoms with Crippen LogP contribution in [0.4, 0.5) is 0 Å². The van der Waals surface area contributed by atoms with Gasteiger partial charge in [-0.3, -0.25) is 14.4 Å². The van der Waals surface area contributed by atoms with Crippen molar-refractivity contribution in [2.45, 2.75) is 329 Å². The predicted octanol–water partition coefficient (Wildman–Crippen LogP) is 20.7. The molecule has 4 heteroatoms. The van der Waals surface area contributed by atoms with Crippen LogP contribution in [-0.4, -0.2) is 22.5 Å². The van der Waals surface area contributed by atoms with Crippen molar-refractivity contribution in [1.82, 2.24) is 0 Å². The molecular formula is C60H108O4. The zero-order valence-electron chi connectivity index (χ0n) is 43.3. The number of carbonyl (C=O) groups excluding carboxylic acids is 3. The zero-order chi connectivity index (χ0) is 46.4. The van der Waals surface area contributed by atoms with Crippen molar-refractivity contribution in [2.75, 3.05) is 0 Å². The normalized spacial score (nSPS) is 11.5. The summed E-state index contributed by atoms with van der Waals surface area (Å²) in [6, 6.07) is 3.11. The van der Waals surface area contributed by atoms with Crippen LogP contribution in [0.1, 0.15) is 360 Å². The van der Waals surface area contributed by atoms with E-state index in [-0.39, 0.29) is 34.2 Å². The highest BCUT2D eigenvalue weighted by molar-refractivity contribution is 6.16. The summed E-state index contributed by atoms with van der Waals surface area (Å²) < 4.78 is 0. The van der Waals surface area contributed by atoms with Crippen LogP contribution in [-0.2, 0) is 0 Å². The van der Waals surface area contributed by atoms with Crippen LogP contribution in [0.5, 0.6) is 5.75 Å². The number of carbonyl (C=O) groups is 3. The first-order chi connectivity index (χ1) is 31.5. The number of hydrogen-bond acceptors (Lipinski definition) is 4. The summed E-state index contributed by atoms with van der Waals surface area (Å²) in [6.45, 7) is 6.83. The molecule has 4 nitrogen and oxygen atoms in total. The minimum Gasteiger partial charge on any atom is -0.507 e. The highest BCUT2D eigenvalue weighted by atomic mass is 16.3. The Bertz CT molecular complexity index is 1220. The van der Waals surface area contributed by atoms with E-state index in [1.54, 1.807) is 6.07 Å². The monoisotopic (exact) mass is 893 g/mol. The molecule has 0 heterocycles. The number of unbranched alkanes of at least 4 members (excludes halogenated alkanes) is 42. The Labute approximate surface area is 398 Å². The first kappa shape index (κ1) is 60.0. The van der Waals surface area contributed by atoms with Gasteiger partial charge in [0.05, 0.1) is 5.56 Å². The summed E-state index contributed by atoms with van der Waals surface area (Å²) >= 11 is 0. The third-order valence-electron chi connectivity index (χ3n) is 14.1.